The Labute approximate surface area is 178 Å². The zero-order valence-electron chi connectivity index (χ0n) is 18.4. The quantitative estimate of drug-likeness (QED) is 0.683. The highest BCUT2D eigenvalue weighted by Crippen LogP contribution is 2.68. The van der Waals surface area contributed by atoms with E-state index in [1.54, 1.807) is 0 Å². The minimum atomic E-state index is -1.59. The van der Waals surface area contributed by atoms with Crippen LogP contribution in [0.25, 0.3) is 0 Å². The van der Waals surface area contributed by atoms with Gasteiger partial charge in [0.1, 0.15) is 18.3 Å². The highest BCUT2D eigenvalue weighted by molar-refractivity contribution is 5.93. The van der Waals surface area contributed by atoms with Gasteiger partial charge < -0.3 is 14.9 Å². The zero-order valence-corrected chi connectivity index (χ0v) is 18.4. The van der Waals surface area contributed by atoms with Crippen LogP contribution in [-0.2, 0) is 19.1 Å². The van der Waals surface area contributed by atoms with Gasteiger partial charge in [-0.1, -0.05) is 26.3 Å². The topological polar surface area (TPSA) is 101 Å². The molecule has 166 valence electrons. The van der Waals surface area contributed by atoms with Crippen LogP contribution in [0.1, 0.15) is 66.2 Å². The van der Waals surface area contributed by atoms with E-state index in [4.69, 9.17) is 4.74 Å². The van der Waals surface area contributed by atoms with Gasteiger partial charge in [-0.05, 0) is 61.9 Å². The van der Waals surface area contributed by atoms with Crippen molar-refractivity contribution in [1.29, 1.82) is 0 Å². The number of fused-ring (bicyclic) bond motifs is 5. The molecule has 0 aliphatic heterocycles. The molecule has 0 amide bonds. The molecule has 0 heterocycles. The summed E-state index contributed by atoms with van der Waals surface area (Å²) in [6.45, 7) is 6.82. The van der Waals surface area contributed by atoms with Gasteiger partial charge in [-0.25, -0.2) is 0 Å². The molecule has 4 aliphatic rings. The van der Waals surface area contributed by atoms with Gasteiger partial charge in [0.25, 0.3) is 0 Å². The van der Waals surface area contributed by atoms with Crippen molar-refractivity contribution in [1.82, 2.24) is 0 Å². The maximum Gasteiger partial charge on any atom is 0.302 e. The van der Waals surface area contributed by atoms with Crippen molar-refractivity contribution in [3.63, 3.8) is 0 Å². The van der Waals surface area contributed by atoms with Crippen LogP contribution in [0.2, 0.25) is 0 Å². The summed E-state index contributed by atoms with van der Waals surface area (Å²) in [5.74, 6) is -0.434. The van der Waals surface area contributed by atoms with Crippen LogP contribution in [0.15, 0.2) is 11.6 Å². The lowest BCUT2D eigenvalue weighted by atomic mass is 9.44. The fourth-order valence-electron chi connectivity index (χ4n) is 7.91. The summed E-state index contributed by atoms with van der Waals surface area (Å²) in [7, 11) is 0. The Kier molecular flexibility index (Phi) is 5.06. The van der Waals surface area contributed by atoms with E-state index in [9.17, 15) is 24.6 Å². The lowest BCUT2D eigenvalue weighted by molar-refractivity contribution is -0.195. The van der Waals surface area contributed by atoms with E-state index >= 15 is 0 Å². The molecule has 2 N–H and O–H groups in total. The standard InChI is InChI=1S/C24H34O6/c1-13-10-22(3)15(9-18(13)27)5-6-16-17-7-8-24(29,20(28)12-25)23(17,4)11-19(21(16)22)30-14(2)26/h9,13,16-17,19,21,25,29H,5-8,10-12H2,1-4H3/t13-,16+,17+,19+,21-,22+,23+,24+/m1/s1. The van der Waals surface area contributed by atoms with Gasteiger partial charge in [-0.2, -0.15) is 0 Å². The van der Waals surface area contributed by atoms with E-state index in [2.05, 4.69) is 6.92 Å². The number of ether oxygens (including phenoxy) is 1. The second kappa shape index (κ2) is 6.99. The summed E-state index contributed by atoms with van der Waals surface area (Å²) in [4.78, 5) is 37.0. The maximum absolute atomic E-state index is 12.6. The first-order valence-electron chi connectivity index (χ1n) is 11.3. The van der Waals surface area contributed by atoms with Gasteiger partial charge in [0, 0.05) is 24.2 Å². The number of carbonyl (C=O) groups is 3. The summed E-state index contributed by atoms with van der Waals surface area (Å²) in [6, 6.07) is 0. The molecule has 3 fully saturated rings. The van der Waals surface area contributed by atoms with E-state index in [-0.39, 0.29) is 40.8 Å². The molecule has 0 bridgehead atoms. The van der Waals surface area contributed by atoms with Crippen LogP contribution >= 0.6 is 0 Å². The lowest BCUT2D eigenvalue weighted by Gasteiger charge is -2.61. The number of carbonyl (C=O) groups excluding carboxylic acids is 3. The third-order valence-electron chi connectivity index (χ3n) is 9.26. The Balaban J connectivity index is 1.80. The van der Waals surface area contributed by atoms with Gasteiger partial charge in [0.15, 0.2) is 11.6 Å². The number of hydrogen-bond donors (Lipinski definition) is 2. The number of ketones is 2. The Morgan fingerprint density at radius 1 is 1.23 bits per heavy atom. The number of hydrogen-bond acceptors (Lipinski definition) is 6. The van der Waals surface area contributed by atoms with E-state index < -0.39 is 29.5 Å². The van der Waals surface area contributed by atoms with Crippen LogP contribution in [-0.4, -0.2) is 46.1 Å². The molecule has 30 heavy (non-hydrogen) atoms. The first-order valence-corrected chi connectivity index (χ1v) is 11.3. The molecule has 4 aliphatic carbocycles. The molecule has 0 aromatic rings. The van der Waals surface area contributed by atoms with Crippen molar-refractivity contribution in [2.45, 2.75) is 77.9 Å². The molecule has 6 nitrogen and oxygen atoms in total. The van der Waals surface area contributed by atoms with Gasteiger partial charge >= 0.3 is 5.97 Å². The molecule has 0 radical (unpaired) electrons. The average molecular weight is 419 g/mol. The number of rotatable bonds is 3. The van der Waals surface area contributed by atoms with E-state index in [0.29, 0.717) is 12.8 Å². The number of aliphatic hydroxyl groups excluding tert-OH is 1. The molecule has 8 atom stereocenters. The smallest absolute Gasteiger partial charge is 0.302 e. The second-order valence-electron chi connectivity index (χ2n) is 10.7. The molecular weight excluding hydrogens is 384 g/mol. The Morgan fingerprint density at radius 3 is 2.57 bits per heavy atom. The number of aliphatic hydroxyl groups is 2. The summed E-state index contributed by atoms with van der Waals surface area (Å²) < 4.78 is 5.88. The average Bonchev–Trinajstić information content (AvgIpc) is 2.93. The van der Waals surface area contributed by atoms with E-state index in [1.807, 2.05) is 19.9 Å². The minimum absolute atomic E-state index is 0.0570. The maximum atomic E-state index is 12.6. The fraction of sp³-hybridized carbons (Fsp3) is 0.792. The third kappa shape index (κ3) is 2.79. The SMILES string of the molecule is CC(=O)O[C@H]1C[C@@]2(C)[C@@H](CC[C@]2(O)C(=O)CO)[C@@H]2CCC3=CC(=O)[C@H](C)C[C@]3(C)[C@H]21. The van der Waals surface area contributed by atoms with Crippen LogP contribution in [0, 0.1) is 34.5 Å². The number of allylic oxidation sites excluding steroid dienone is 1. The predicted molar refractivity (Wildman–Crippen MR) is 109 cm³/mol. The highest BCUT2D eigenvalue weighted by Gasteiger charge is 2.69. The van der Waals surface area contributed by atoms with Gasteiger partial charge in [-0.3, -0.25) is 14.4 Å². The van der Waals surface area contributed by atoms with Crippen molar-refractivity contribution in [3.05, 3.63) is 11.6 Å². The Hall–Kier alpha value is -1.53. The molecular formula is C24H34O6. The van der Waals surface area contributed by atoms with Crippen molar-refractivity contribution >= 4 is 17.5 Å². The van der Waals surface area contributed by atoms with Crippen molar-refractivity contribution in [3.8, 4) is 0 Å². The summed E-state index contributed by atoms with van der Waals surface area (Å²) in [6.07, 6.45) is 5.25. The van der Waals surface area contributed by atoms with E-state index in [0.717, 1.165) is 31.3 Å². The Morgan fingerprint density at radius 2 is 1.93 bits per heavy atom. The third-order valence-corrected chi connectivity index (χ3v) is 9.26. The predicted octanol–water partition coefficient (Wildman–Crippen LogP) is 2.60. The molecule has 0 aromatic heterocycles. The second-order valence-corrected chi connectivity index (χ2v) is 10.7. The highest BCUT2D eigenvalue weighted by atomic mass is 16.5. The number of Topliss-reactive ketones (excluding diaryl/α,β-unsaturated/α-hetero) is 1. The molecule has 4 rings (SSSR count). The molecule has 6 heteroatoms. The largest absolute Gasteiger partial charge is 0.462 e. The first-order chi connectivity index (χ1) is 14.0. The Bertz CT molecular complexity index is 817. The molecule has 0 unspecified atom stereocenters. The summed E-state index contributed by atoms with van der Waals surface area (Å²) >= 11 is 0. The van der Waals surface area contributed by atoms with Crippen molar-refractivity contribution < 1.29 is 29.3 Å². The van der Waals surface area contributed by atoms with Crippen LogP contribution in [0.3, 0.4) is 0 Å². The normalized spacial score (nSPS) is 47.6. The lowest BCUT2D eigenvalue weighted by Crippen LogP contribution is -2.62. The van der Waals surface area contributed by atoms with Gasteiger partial charge in [0.2, 0.25) is 0 Å². The molecule has 0 spiro atoms. The van der Waals surface area contributed by atoms with Crippen molar-refractivity contribution in [2.24, 2.45) is 34.5 Å². The zero-order chi connectivity index (χ0) is 22.1. The molecule has 0 saturated heterocycles. The van der Waals surface area contributed by atoms with Crippen molar-refractivity contribution in [2.75, 3.05) is 6.61 Å². The van der Waals surface area contributed by atoms with Gasteiger partial charge in [0.05, 0.1) is 0 Å². The van der Waals surface area contributed by atoms with Crippen LogP contribution in [0.5, 0.6) is 0 Å². The van der Waals surface area contributed by atoms with Gasteiger partial charge in [-0.15, -0.1) is 0 Å². The number of esters is 1. The monoisotopic (exact) mass is 418 g/mol. The van der Waals surface area contributed by atoms with Crippen LogP contribution < -0.4 is 0 Å². The summed E-state index contributed by atoms with van der Waals surface area (Å²) in [5, 5.41) is 20.9. The molecule has 0 aromatic carbocycles. The first kappa shape index (κ1) is 21.7. The summed E-state index contributed by atoms with van der Waals surface area (Å²) in [5.41, 5.74) is -1.42. The molecule has 3 saturated carbocycles. The fourth-order valence-corrected chi connectivity index (χ4v) is 7.91. The minimum Gasteiger partial charge on any atom is -0.462 e. The van der Waals surface area contributed by atoms with E-state index in [1.165, 1.54) is 6.92 Å². The van der Waals surface area contributed by atoms with Crippen LogP contribution in [0.4, 0.5) is 0 Å².